The van der Waals surface area contributed by atoms with E-state index in [-0.39, 0.29) is 6.61 Å². The molecule has 0 saturated carbocycles. The molecule has 0 aliphatic carbocycles. The van der Waals surface area contributed by atoms with Gasteiger partial charge in [0.2, 0.25) is 0 Å². The van der Waals surface area contributed by atoms with Gasteiger partial charge in [0.1, 0.15) is 0 Å². The van der Waals surface area contributed by atoms with Crippen molar-refractivity contribution >= 4 is 33.1 Å². The summed E-state index contributed by atoms with van der Waals surface area (Å²) in [5, 5.41) is 0. The number of hydrogen-bond acceptors (Lipinski definition) is 5. The van der Waals surface area contributed by atoms with Crippen molar-refractivity contribution in [3.05, 3.63) is 21.3 Å². The molecule has 4 nitrogen and oxygen atoms in total. The second kappa shape index (κ2) is 8.92. The molecule has 0 aliphatic rings. The van der Waals surface area contributed by atoms with Crippen LogP contribution in [0.4, 0.5) is 0 Å². The third-order valence-corrected chi connectivity index (χ3v) is 4.15. The zero-order chi connectivity index (χ0) is 14.1. The first kappa shape index (κ1) is 16.9. The average Bonchev–Trinajstić information content (AvgIpc) is 2.71. The molecular formula is C12H19ClO4S2. The first-order valence-electron chi connectivity index (χ1n) is 6.14. The standard InChI is InChI=1S/C12H19ClO4S2/c1-19(14,15)17-9-5-3-2-4-8-16-10-11-6-7-12(13)18-11/h6-7H,2-5,8-10H2,1H3. The Balaban J connectivity index is 1.89. The van der Waals surface area contributed by atoms with Gasteiger partial charge >= 0.3 is 0 Å². The van der Waals surface area contributed by atoms with Crippen LogP contribution in [0.15, 0.2) is 12.1 Å². The Bertz CT molecular complexity index is 456. The van der Waals surface area contributed by atoms with Crippen molar-refractivity contribution < 1.29 is 17.3 Å². The highest BCUT2D eigenvalue weighted by molar-refractivity contribution is 7.85. The summed E-state index contributed by atoms with van der Waals surface area (Å²) in [6.45, 7) is 1.59. The minimum Gasteiger partial charge on any atom is -0.376 e. The van der Waals surface area contributed by atoms with Crippen LogP contribution in [0.1, 0.15) is 30.6 Å². The van der Waals surface area contributed by atoms with Crippen molar-refractivity contribution in [1.82, 2.24) is 0 Å². The number of rotatable bonds is 10. The molecule has 0 aromatic carbocycles. The first-order chi connectivity index (χ1) is 8.97. The third-order valence-electron chi connectivity index (χ3n) is 2.35. The molecule has 0 unspecified atom stereocenters. The summed E-state index contributed by atoms with van der Waals surface area (Å²) in [6.07, 6.45) is 4.76. The zero-order valence-electron chi connectivity index (χ0n) is 10.9. The van der Waals surface area contributed by atoms with Gasteiger partial charge in [-0.3, -0.25) is 4.18 Å². The lowest BCUT2D eigenvalue weighted by Crippen LogP contribution is -2.04. The van der Waals surface area contributed by atoms with Crippen molar-refractivity contribution in [2.45, 2.75) is 32.3 Å². The topological polar surface area (TPSA) is 52.6 Å². The minimum atomic E-state index is -3.29. The van der Waals surface area contributed by atoms with Crippen LogP contribution in [0.25, 0.3) is 0 Å². The number of halogens is 1. The smallest absolute Gasteiger partial charge is 0.264 e. The SMILES string of the molecule is CS(=O)(=O)OCCCCCCOCc1ccc(Cl)s1. The van der Waals surface area contributed by atoms with E-state index in [2.05, 4.69) is 4.18 Å². The van der Waals surface area contributed by atoms with E-state index in [9.17, 15) is 8.42 Å². The number of ether oxygens (including phenoxy) is 1. The maximum Gasteiger partial charge on any atom is 0.264 e. The fourth-order valence-electron chi connectivity index (χ4n) is 1.47. The molecule has 1 aromatic rings. The summed E-state index contributed by atoms with van der Waals surface area (Å²) in [4.78, 5) is 1.13. The molecule has 1 aromatic heterocycles. The molecule has 0 aliphatic heterocycles. The van der Waals surface area contributed by atoms with Crippen LogP contribution in [-0.4, -0.2) is 27.9 Å². The summed E-state index contributed by atoms with van der Waals surface area (Å²) >= 11 is 7.34. The number of thiophene rings is 1. The van der Waals surface area contributed by atoms with E-state index >= 15 is 0 Å². The van der Waals surface area contributed by atoms with E-state index < -0.39 is 10.1 Å². The van der Waals surface area contributed by atoms with Crippen molar-refractivity contribution in [1.29, 1.82) is 0 Å². The second-order valence-electron chi connectivity index (χ2n) is 4.20. The van der Waals surface area contributed by atoms with Crippen molar-refractivity contribution in [2.24, 2.45) is 0 Å². The van der Waals surface area contributed by atoms with Crippen LogP contribution in [0.5, 0.6) is 0 Å². The zero-order valence-corrected chi connectivity index (χ0v) is 13.3. The maximum absolute atomic E-state index is 10.7. The number of hydrogen-bond donors (Lipinski definition) is 0. The maximum atomic E-state index is 10.7. The monoisotopic (exact) mass is 326 g/mol. The largest absolute Gasteiger partial charge is 0.376 e. The highest BCUT2D eigenvalue weighted by Gasteiger charge is 2.01. The Morgan fingerprint density at radius 2 is 1.84 bits per heavy atom. The van der Waals surface area contributed by atoms with Gasteiger partial charge in [0, 0.05) is 11.5 Å². The lowest BCUT2D eigenvalue weighted by Gasteiger charge is -2.03. The Kier molecular flexibility index (Phi) is 7.94. The molecule has 1 heterocycles. The van der Waals surface area contributed by atoms with Crippen molar-refractivity contribution in [3.8, 4) is 0 Å². The van der Waals surface area contributed by atoms with E-state index in [1.165, 1.54) is 11.3 Å². The van der Waals surface area contributed by atoms with Gasteiger partial charge in [-0.25, -0.2) is 0 Å². The molecule has 19 heavy (non-hydrogen) atoms. The summed E-state index contributed by atoms with van der Waals surface area (Å²) in [5.41, 5.74) is 0. The van der Waals surface area contributed by atoms with Crippen LogP contribution < -0.4 is 0 Å². The van der Waals surface area contributed by atoms with E-state index in [4.69, 9.17) is 16.3 Å². The second-order valence-corrected chi connectivity index (χ2v) is 7.64. The molecule has 0 fully saturated rings. The molecular weight excluding hydrogens is 308 g/mol. The van der Waals surface area contributed by atoms with E-state index in [0.717, 1.165) is 41.2 Å². The Morgan fingerprint density at radius 3 is 2.42 bits per heavy atom. The lowest BCUT2D eigenvalue weighted by molar-refractivity contribution is 0.118. The third kappa shape index (κ3) is 9.40. The summed E-state index contributed by atoms with van der Waals surface area (Å²) in [6, 6.07) is 3.84. The normalized spacial score (nSPS) is 11.9. The van der Waals surface area contributed by atoms with Crippen LogP contribution >= 0.6 is 22.9 Å². The predicted molar refractivity (Wildman–Crippen MR) is 78.2 cm³/mol. The fourth-order valence-corrected chi connectivity index (χ4v) is 2.92. The molecule has 0 atom stereocenters. The molecule has 0 amide bonds. The molecule has 0 spiro atoms. The van der Waals surface area contributed by atoms with Crippen LogP contribution in [-0.2, 0) is 25.6 Å². The van der Waals surface area contributed by atoms with Gasteiger partial charge in [-0.05, 0) is 25.0 Å². The van der Waals surface area contributed by atoms with Crippen molar-refractivity contribution in [3.63, 3.8) is 0 Å². The van der Waals surface area contributed by atoms with E-state index in [1.807, 2.05) is 12.1 Å². The van der Waals surface area contributed by atoms with Gasteiger partial charge in [-0.2, -0.15) is 8.42 Å². The van der Waals surface area contributed by atoms with Crippen LogP contribution in [0, 0.1) is 0 Å². The Labute approximate surface area is 123 Å². The lowest BCUT2D eigenvalue weighted by atomic mass is 10.2. The highest BCUT2D eigenvalue weighted by Crippen LogP contribution is 2.21. The number of unbranched alkanes of at least 4 members (excludes halogenated alkanes) is 3. The quantitative estimate of drug-likeness (QED) is 0.488. The summed E-state index contributed by atoms with van der Waals surface area (Å²) in [5.74, 6) is 0. The van der Waals surface area contributed by atoms with Gasteiger partial charge < -0.3 is 4.74 Å². The minimum absolute atomic E-state index is 0.271. The first-order valence-corrected chi connectivity index (χ1v) is 9.15. The summed E-state index contributed by atoms with van der Waals surface area (Å²) in [7, 11) is -3.29. The molecule has 7 heteroatoms. The fraction of sp³-hybridized carbons (Fsp3) is 0.667. The molecule has 0 saturated heterocycles. The molecule has 110 valence electrons. The van der Waals surface area contributed by atoms with Crippen LogP contribution in [0.3, 0.4) is 0 Å². The predicted octanol–water partition coefficient (Wildman–Crippen LogP) is 3.45. The van der Waals surface area contributed by atoms with Crippen LogP contribution in [0.2, 0.25) is 4.34 Å². The average molecular weight is 327 g/mol. The van der Waals surface area contributed by atoms with E-state index in [1.54, 1.807) is 0 Å². The van der Waals surface area contributed by atoms with E-state index in [0.29, 0.717) is 13.2 Å². The molecule has 0 N–H and O–H groups in total. The van der Waals surface area contributed by atoms with Gasteiger partial charge in [-0.15, -0.1) is 11.3 Å². The van der Waals surface area contributed by atoms with Gasteiger partial charge in [0.15, 0.2) is 0 Å². The summed E-state index contributed by atoms with van der Waals surface area (Å²) < 4.78 is 32.3. The van der Waals surface area contributed by atoms with Gasteiger partial charge in [-0.1, -0.05) is 24.4 Å². The molecule has 1 rings (SSSR count). The molecule has 0 bridgehead atoms. The Hall–Kier alpha value is -0.140. The van der Waals surface area contributed by atoms with Crippen molar-refractivity contribution in [2.75, 3.05) is 19.5 Å². The Morgan fingerprint density at radius 1 is 1.16 bits per heavy atom. The molecule has 0 radical (unpaired) electrons. The highest BCUT2D eigenvalue weighted by atomic mass is 35.5. The van der Waals surface area contributed by atoms with Gasteiger partial charge in [0.25, 0.3) is 10.1 Å². The van der Waals surface area contributed by atoms with Gasteiger partial charge in [0.05, 0.1) is 23.8 Å².